The van der Waals surface area contributed by atoms with Crippen LogP contribution in [0.2, 0.25) is 0 Å². The molecule has 8 aromatic carbocycles. The molecule has 0 radical (unpaired) electrons. The van der Waals surface area contributed by atoms with Crippen molar-refractivity contribution in [2.24, 2.45) is 0 Å². The maximum absolute atomic E-state index is 5.19. The summed E-state index contributed by atoms with van der Waals surface area (Å²) in [5, 5.41) is 11.4. The van der Waals surface area contributed by atoms with E-state index in [4.69, 9.17) is 4.98 Å². The normalized spacial score (nSPS) is 11.8. The maximum atomic E-state index is 5.19. The predicted molar refractivity (Wildman–Crippen MR) is 203 cm³/mol. The Morgan fingerprint density at radius 1 is 0.362 bits per heavy atom. The molecule has 0 saturated heterocycles. The SMILES string of the molecule is c1ccc(-c2nc3ccccc3c3c2ccc2sc4ccc(-c5cccc(-c6cc7ccccc7c7ccccc67)c5)cc4c23)cc1. The fraction of sp³-hybridized carbons (Fsp3) is 0. The number of benzene rings is 8. The standard InChI is InChI=1S/C45H27NS/c1-2-11-28(12-3-1)45-37-22-24-42-44(43(37)36-19-8-9-20-40(36)46-45)39-26-30(21-23-41(39)47-42)29-14-10-15-31(25-29)38-27-32-13-4-5-16-33(32)34-17-6-7-18-35(34)38/h1-27H. The van der Waals surface area contributed by atoms with E-state index in [1.807, 2.05) is 11.3 Å². The molecule has 1 nitrogen and oxygen atoms in total. The van der Waals surface area contributed by atoms with Crippen molar-refractivity contribution in [3.63, 3.8) is 0 Å². The zero-order valence-electron chi connectivity index (χ0n) is 25.4. The minimum absolute atomic E-state index is 1.03. The van der Waals surface area contributed by atoms with Gasteiger partial charge in [0.05, 0.1) is 11.2 Å². The highest BCUT2D eigenvalue weighted by atomic mass is 32.1. The number of rotatable bonds is 3. The quantitative estimate of drug-likeness (QED) is 0.181. The Morgan fingerprint density at radius 2 is 1.04 bits per heavy atom. The third kappa shape index (κ3) is 4.12. The Hall–Kier alpha value is -5.83. The molecule has 0 fully saturated rings. The molecule has 0 saturated carbocycles. The fourth-order valence-electron chi connectivity index (χ4n) is 7.46. The summed E-state index contributed by atoms with van der Waals surface area (Å²) in [6.45, 7) is 0. The van der Waals surface area contributed by atoms with Gasteiger partial charge in [0.2, 0.25) is 0 Å². The topological polar surface area (TPSA) is 12.9 Å². The van der Waals surface area contributed by atoms with Crippen LogP contribution in [0.3, 0.4) is 0 Å². The lowest BCUT2D eigenvalue weighted by atomic mass is 9.91. The zero-order chi connectivity index (χ0) is 30.9. The number of pyridine rings is 1. The van der Waals surface area contributed by atoms with Gasteiger partial charge in [-0.3, -0.25) is 0 Å². The van der Waals surface area contributed by atoms with Crippen LogP contribution in [0.4, 0.5) is 0 Å². The lowest BCUT2D eigenvalue weighted by Crippen LogP contribution is -1.90. The second-order valence-corrected chi connectivity index (χ2v) is 13.4. The van der Waals surface area contributed by atoms with Crippen LogP contribution in [0.1, 0.15) is 0 Å². The first kappa shape index (κ1) is 26.4. The van der Waals surface area contributed by atoms with Gasteiger partial charge >= 0.3 is 0 Å². The second-order valence-electron chi connectivity index (χ2n) is 12.3. The van der Waals surface area contributed by atoms with Crippen molar-refractivity contribution in [1.29, 1.82) is 0 Å². The van der Waals surface area contributed by atoms with E-state index in [0.717, 1.165) is 16.8 Å². The Morgan fingerprint density at radius 3 is 1.94 bits per heavy atom. The molecule has 0 atom stereocenters. The van der Waals surface area contributed by atoms with Crippen LogP contribution in [-0.4, -0.2) is 4.98 Å². The van der Waals surface area contributed by atoms with E-state index in [9.17, 15) is 0 Å². The van der Waals surface area contributed by atoms with Gasteiger partial charge in [-0.15, -0.1) is 11.3 Å². The fourth-order valence-corrected chi connectivity index (χ4v) is 8.56. The minimum atomic E-state index is 1.03. The molecule has 218 valence electrons. The zero-order valence-corrected chi connectivity index (χ0v) is 26.3. The van der Waals surface area contributed by atoms with Gasteiger partial charge < -0.3 is 0 Å². The summed E-state index contributed by atoms with van der Waals surface area (Å²) in [6, 6.07) is 59.6. The Bertz CT molecular complexity index is 2840. The Labute approximate surface area is 276 Å². The highest BCUT2D eigenvalue weighted by Crippen LogP contribution is 2.45. The average molecular weight is 614 g/mol. The summed E-state index contributed by atoms with van der Waals surface area (Å²) in [4.78, 5) is 5.19. The van der Waals surface area contributed by atoms with E-state index >= 15 is 0 Å². The molecule has 10 aromatic rings. The van der Waals surface area contributed by atoms with E-state index in [1.54, 1.807) is 0 Å². The van der Waals surface area contributed by atoms with E-state index in [1.165, 1.54) is 80.1 Å². The molecule has 0 bridgehead atoms. The molecular formula is C45H27NS. The first-order valence-electron chi connectivity index (χ1n) is 16.0. The minimum Gasteiger partial charge on any atom is -0.247 e. The van der Waals surface area contributed by atoms with E-state index in [2.05, 4.69) is 164 Å². The average Bonchev–Trinajstić information content (AvgIpc) is 3.53. The number of thiophene rings is 1. The highest BCUT2D eigenvalue weighted by molar-refractivity contribution is 7.26. The van der Waals surface area contributed by atoms with Gasteiger partial charge in [-0.1, -0.05) is 127 Å². The highest BCUT2D eigenvalue weighted by Gasteiger charge is 2.17. The molecule has 0 spiro atoms. The molecule has 0 amide bonds. The van der Waals surface area contributed by atoms with E-state index < -0.39 is 0 Å². The van der Waals surface area contributed by atoms with Gasteiger partial charge in [0.25, 0.3) is 0 Å². The number of nitrogens with zero attached hydrogens (tertiary/aromatic N) is 1. The van der Waals surface area contributed by atoms with Crippen molar-refractivity contribution in [1.82, 2.24) is 4.98 Å². The third-order valence-corrected chi connectivity index (χ3v) is 10.8. The van der Waals surface area contributed by atoms with Crippen molar-refractivity contribution >= 4 is 74.7 Å². The molecule has 0 N–H and O–H groups in total. The van der Waals surface area contributed by atoms with Crippen LogP contribution in [0.5, 0.6) is 0 Å². The number of fused-ring (bicyclic) bond motifs is 10. The third-order valence-electron chi connectivity index (χ3n) is 9.62. The maximum Gasteiger partial charge on any atom is 0.0788 e. The molecule has 0 aliphatic rings. The molecule has 2 heteroatoms. The predicted octanol–water partition coefficient (Wildman–Crippen LogP) is 13.1. The smallest absolute Gasteiger partial charge is 0.0788 e. The van der Waals surface area contributed by atoms with Gasteiger partial charge in [0.1, 0.15) is 0 Å². The summed E-state index contributed by atoms with van der Waals surface area (Å²) in [5.74, 6) is 0. The first-order chi connectivity index (χ1) is 23.3. The summed E-state index contributed by atoms with van der Waals surface area (Å²) < 4.78 is 2.60. The van der Waals surface area contributed by atoms with Gasteiger partial charge in [0.15, 0.2) is 0 Å². The van der Waals surface area contributed by atoms with E-state index in [-0.39, 0.29) is 0 Å². The Balaban J connectivity index is 1.21. The summed E-state index contributed by atoms with van der Waals surface area (Å²) >= 11 is 1.87. The molecule has 2 heterocycles. The summed E-state index contributed by atoms with van der Waals surface area (Å²) in [6.07, 6.45) is 0. The number of aromatic nitrogens is 1. The second kappa shape index (κ2) is 10.3. The van der Waals surface area contributed by atoms with Crippen LogP contribution < -0.4 is 0 Å². The van der Waals surface area contributed by atoms with Crippen molar-refractivity contribution in [3.05, 3.63) is 164 Å². The molecule has 10 rings (SSSR count). The first-order valence-corrected chi connectivity index (χ1v) is 16.9. The lowest BCUT2D eigenvalue weighted by molar-refractivity contribution is 1.43. The summed E-state index contributed by atoms with van der Waals surface area (Å²) in [5.41, 5.74) is 8.14. The molecule has 0 unspecified atom stereocenters. The number of hydrogen-bond donors (Lipinski definition) is 0. The molecule has 47 heavy (non-hydrogen) atoms. The van der Waals surface area contributed by atoms with Crippen molar-refractivity contribution in [3.8, 4) is 33.5 Å². The van der Waals surface area contributed by atoms with Crippen molar-refractivity contribution in [2.75, 3.05) is 0 Å². The van der Waals surface area contributed by atoms with Crippen LogP contribution >= 0.6 is 11.3 Å². The molecule has 0 aliphatic carbocycles. The van der Waals surface area contributed by atoms with Crippen LogP contribution in [0.15, 0.2) is 164 Å². The number of hydrogen-bond acceptors (Lipinski definition) is 2. The molecule has 0 aliphatic heterocycles. The van der Waals surface area contributed by atoms with E-state index in [0.29, 0.717) is 0 Å². The number of para-hydroxylation sites is 1. The molecule has 2 aromatic heterocycles. The van der Waals surface area contributed by atoms with Crippen LogP contribution in [0.25, 0.3) is 96.9 Å². The lowest BCUT2D eigenvalue weighted by Gasteiger charge is -2.13. The van der Waals surface area contributed by atoms with Crippen molar-refractivity contribution in [2.45, 2.75) is 0 Å². The van der Waals surface area contributed by atoms with Gasteiger partial charge in [0, 0.05) is 41.9 Å². The monoisotopic (exact) mass is 613 g/mol. The van der Waals surface area contributed by atoms with Crippen molar-refractivity contribution < 1.29 is 0 Å². The van der Waals surface area contributed by atoms with Crippen LogP contribution in [0, 0.1) is 0 Å². The summed E-state index contributed by atoms with van der Waals surface area (Å²) in [7, 11) is 0. The Kier molecular flexibility index (Phi) is 5.81. The molecular weight excluding hydrogens is 587 g/mol. The van der Waals surface area contributed by atoms with Crippen LogP contribution in [-0.2, 0) is 0 Å². The van der Waals surface area contributed by atoms with Gasteiger partial charge in [-0.2, -0.15) is 0 Å². The van der Waals surface area contributed by atoms with Gasteiger partial charge in [-0.25, -0.2) is 4.98 Å². The largest absolute Gasteiger partial charge is 0.247 e. The van der Waals surface area contributed by atoms with Gasteiger partial charge in [-0.05, 0) is 80.2 Å².